The van der Waals surface area contributed by atoms with E-state index in [1.54, 1.807) is 0 Å². The van der Waals surface area contributed by atoms with Crippen molar-refractivity contribution in [2.75, 3.05) is 21.2 Å². The van der Waals surface area contributed by atoms with Gasteiger partial charge in [-0.1, -0.05) is 0 Å². The first-order chi connectivity index (χ1) is 3.83. The lowest BCUT2D eigenvalue weighted by atomic mass is 11.4. The fourth-order valence-electron chi connectivity index (χ4n) is 0. The molecule has 0 heterocycles. The van der Waals surface area contributed by atoms with Gasteiger partial charge >= 0.3 is 0 Å². The van der Waals surface area contributed by atoms with Crippen LogP contribution in [0.5, 0.6) is 0 Å². The van der Waals surface area contributed by atoms with Crippen molar-refractivity contribution in [3.05, 3.63) is 0 Å². The Labute approximate surface area is 49.2 Å². The molecule has 0 radical (unpaired) electrons. The van der Waals surface area contributed by atoms with Gasteiger partial charge in [-0.2, -0.15) is 0 Å². The van der Waals surface area contributed by atoms with E-state index in [2.05, 4.69) is 15.6 Å². The summed E-state index contributed by atoms with van der Waals surface area (Å²) in [6.07, 6.45) is 0. The van der Waals surface area contributed by atoms with Crippen molar-refractivity contribution < 1.29 is 9.53 Å². The molecule has 0 saturated carbocycles. The first kappa shape index (κ1) is 10.4. The molecule has 0 aliphatic carbocycles. The summed E-state index contributed by atoms with van der Waals surface area (Å²) in [6.45, 7) is 0.375. The molecule has 0 fully saturated rings. The zero-order valence-electron chi connectivity index (χ0n) is 5.39. The number of hydrogen-bond acceptors (Lipinski definition) is 4. The molecule has 0 aliphatic heterocycles. The molecule has 4 nitrogen and oxygen atoms in total. The van der Waals surface area contributed by atoms with Gasteiger partial charge < -0.3 is 4.74 Å². The minimum atomic E-state index is 0.375. The molecule has 0 unspecified atom stereocenters. The van der Waals surface area contributed by atoms with E-state index in [0.29, 0.717) is 6.47 Å². The Morgan fingerprint density at radius 3 is 1.62 bits per heavy atom. The summed E-state index contributed by atoms with van der Waals surface area (Å²) in [5, 5.41) is 0. The van der Waals surface area contributed by atoms with Crippen LogP contribution in [0.25, 0.3) is 0 Å². The second kappa shape index (κ2) is 16.2. The van der Waals surface area contributed by atoms with Crippen LogP contribution in [-0.2, 0) is 9.53 Å². The van der Waals surface area contributed by atoms with Crippen LogP contribution in [0.15, 0.2) is 0 Å². The van der Waals surface area contributed by atoms with Gasteiger partial charge in [-0.15, -0.1) is 0 Å². The lowest BCUT2D eigenvalue weighted by Gasteiger charge is -1.81. The number of hydrazine groups is 1. The Morgan fingerprint density at radius 2 is 1.62 bits per heavy atom. The maximum absolute atomic E-state index is 8.95. The Kier molecular flexibility index (Phi) is 21.0. The number of carbonyl (C=O) groups is 1. The van der Waals surface area contributed by atoms with E-state index >= 15 is 0 Å². The zero-order valence-corrected chi connectivity index (χ0v) is 5.39. The molecule has 50 valence electrons. The van der Waals surface area contributed by atoms with Gasteiger partial charge in [-0.05, 0) is 14.1 Å². The molecule has 8 heavy (non-hydrogen) atoms. The molecular formula is C4H12N2O2. The maximum Gasteiger partial charge on any atom is 0.292 e. The lowest BCUT2D eigenvalue weighted by Crippen LogP contribution is -2.21. The largest absolute Gasteiger partial charge is 0.471 e. The van der Waals surface area contributed by atoms with Gasteiger partial charge in [0, 0.05) is 0 Å². The molecule has 0 aromatic heterocycles. The topological polar surface area (TPSA) is 50.4 Å². The first-order valence-electron chi connectivity index (χ1n) is 2.13. The van der Waals surface area contributed by atoms with Crippen LogP contribution in [0.1, 0.15) is 0 Å². The average Bonchev–Trinajstić information content (AvgIpc) is 1.88. The second-order valence-electron chi connectivity index (χ2n) is 0.832. The van der Waals surface area contributed by atoms with Crippen molar-refractivity contribution in [3.8, 4) is 0 Å². The molecule has 0 rings (SSSR count). The SMILES string of the molecule is CNNC.COC=O. The molecular weight excluding hydrogens is 108 g/mol. The molecule has 0 bridgehead atoms. The van der Waals surface area contributed by atoms with Crippen LogP contribution in [0, 0.1) is 0 Å². The number of hydrogen-bond donors (Lipinski definition) is 2. The molecule has 0 aromatic rings. The van der Waals surface area contributed by atoms with Crippen LogP contribution in [0.2, 0.25) is 0 Å². The highest BCUT2D eigenvalue weighted by Gasteiger charge is 1.44. The highest BCUT2D eigenvalue weighted by molar-refractivity contribution is 5.36. The Morgan fingerprint density at radius 1 is 1.38 bits per heavy atom. The van der Waals surface area contributed by atoms with Crippen LogP contribution in [0.3, 0.4) is 0 Å². The number of rotatable bonds is 2. The van der Waals surface area contributed by atoms with Gasteiger partial charge in [0.1, 0.15) is 0 Å². The van der Waals surface area contributed by atoms with Crippen molar-refractivity contribution in [2.24, 2.45) is 0 Å². The Balaban J connectivity index is 0. The lowest BCUT2D eigenvalue weighted by molar-refractivity contribution is -0.126. The van der Waals surface area contributed by atoms with Crippen LogP contribution in [-0.4, -0.2) is 27.7 Å². The third-order valence-corrected chi connectivity index (χ3v) is 0.346. The first-order valence-corrected chi connectivity index (χ1v) is 2.13. The molecule has 0 aliphatic rings. The van der Waals surface area contributed by atoms with E-state index in [1.165, 1.54) is 7.11 Å². The summed E-state index contributed by atoms with van der Waals surface area (Å²) < 4.78 is 3.86. The van der Waals surface area contributed by atoms with E-state index in [-0.39, 0.29) is 0 Å². The van der Waals surface area contributed by atoms with E-state index < -0.39 is 0 Å². The second-order valence-corrected chi connectivity index (χ2v) is 0.832. The summed E-state index contributed by atoms with van der Waals surface area (Å²) in [5.41, 5.74) is 5.36. The summed E-state index contributed by atoms with van der Waals surface area (Å²) in [6, 6.07) is 0. The number of methoxy groups -OCH3 is 1. The Bertz CT molecular complexity index is 39.0. The van der Waals surface area contributed by atoms with Gasteiger partial charge in [-0.3, -0.25) is 15.6 Å². The number of carbonyl (C=O) groups excluding carboxylic acids is 1. The number of ether oxygens (including phenoxy) is 1. The highest BCUT2D eigenvalue weighted by atomic mass is 16.5. The predicted molar refractivity (Wildman–Crippen MR) is 31.2 cm³/mol. The molecule has 4 heteroatoms. The van der Waals surface area contributed by atoms with Gasteiger partial charge in [0.2, 0.25) is 0 Å². The molecule has 0 atom stereocenters. The number of nitrogens with one attached hydrogen (secondary N) is 2. The van der Waals surface area contributed by atoms with E-state index in [1.807, 2.05) is 14.1 Å². The van der Waals surface area contributed by atoms with Gasteiger partial charge in [0.05, 0.1) is 7.11 Å². The summed E-state index contributed by atoms with van der Waals surface area (Å²) in [7, 11) is 4.95. The van der Waals surface area contributed by atoms with E-state index in [0.717, 1.165) is 0 Å². The average molecular weight is 120 g/mol. The van der Waals surface area contributed by atoms with Crippen molar-refractivity contribution in [3.63, 3.8) is 0 Å². The summed E-state index contributed by atoms with van der Waals surface area (Å²) >= 11 is 0. The molecule has 0 saturated heterocycles. The summed E-state index contributed by atoms with van der Waals surface area (Å²) in [5.74, 6) is 0. The fourth-order valence-corrected chi connectivity index (χ4v) is 0. The summed E-state index contributed by atoms with van der Waals surface area (Å²) in [4.78, 5) is 8.95. The Hall–Kier alpha value is -0.610. The third kappa shape index (κ3) is 53.8. The fraction of sp³-hybridized carbons (Fsp3) is 0.750. The van der Waals surface area contributed by atoms with Gasteiger partial charge in [0.25, 0.3) is 6.47 Å². The van der Waals surface area contributed by atoms with Crippen molar-refractivity contribution in [1.82, 2.24) is 10.9 Å². The highest BCUT2D eigenvalue weighted by Crippen LogP contribution is 1.35. The smallest absolute Gasteiger partial charge is 0.292 e. The van der Waals surface area contributed by atoms with Crippen molar-refractivity contribution in [1.29, 1.82) is 0 Å². The molecule has 0 amide bonds. The van der Waals surface area contributed by atoms with Crippen LogP contribution < -0.4 is 10.9 Å². The molecule has 0 spiro atoms. The van der Waals surface area contributed by atoms with Crippen molar-refractivity contribution >= 4 is 6.47 Å². The van der Waals surface area contributed by atoms with Gasteiger partial charge in [0.15, 0.2) is 0 Å². The van der Waals surface area contributed by atoms with Crippen LogP contribution in [0.4, 0.5) is 0 Å². The van der Waals surface area contributed by atoms with E-state index in [4.69, 9.17) is 4.79 Å². The monoisotopic (exact) mass is 120 g/mol. The van der Waals surface area contributed by atoms with Crippen LogP contribution >= 0.6 is 0 Å². The normalized spacial score (nSPS) is 6.38. The molecule has 0 aromatic carbocycles. The minimum absolute atomic E-state index is 0.375. The maximum atomic E-state index is 8.95. The van der Waals surface area contributed by atoms with Gasteiger partial charge in [-0.25, -0.2) is 0 Å². The molecule has 2 N–H and O–H groups in total. The standard InChI is InChI=1S/C2H8N2.C2H4O2/c1-3-4-2;1-4-2-3/h3-4H,1-2H3;2H,1H3. The van der Waals surface area contributed by atoms with E-state index in [9.17, 15) is 0 Å². The van der Waals surface area contributed by atoms with Crippen molar-refractivity contribution in [2.45, 2.75) is 0 Å². The zero-order chi connectivity index (χ0) is 6.83. The quantitative estimate of drug-likeness (QED) is 0.367. The minimum Gasteiger partial charge on any atom is -0.471 e. The third-order valence-electron chi connectivity index (χ3n) is 0.346. The predicted octanol–water partition coefficient (Wildman–Crippen LogP) is -0.871.